The predicted octanol–water partition coefficient (Wildman–Crippen LogP) is 5.71. The van der Waals surface area contributed by atoms with Gasteiger partial charge < -0.3 is 34.6 Å². The van der Waals surface area contributed by atoms with Crippen molar-refractivity contribution in [3.8, 4) is 23.0 Å². The Labute approximate surface area is 218 Å². The molecule has 194 valence electrons. The van der Waals surface area contributed by atoms with E-state index in [1.807, 2.05) is 12.3 Å². The molecule has 0 atom stereocenters. The number of ether oxygens (including phenoxy) is 4. The first-order valence-corrected chi connectivity index (χ1v) is 11.7. The van der Waals surface area contributed by atoms with Crippen LogP contribution in [-0.4, -0.2) is 45.9 Å². The number of fused-ring (bicyclic) bond motifs is 1. The Morgan fingerprint density at radius 3 is 2.35 bits per heavy atom. The molecule has 4 rings (SSSR count). The molecule has 37 heavy (non-hydrogen) atoms. The fourth-order valence-electron chi connectivity index (χ4n) is 4.11. The number of hydrogen-bond acceptors (Lipinski definition) is 6. The van der Waals surface area contributed by atoms with Crippen LogP contribution in [0.1, 0.15) is 15.9 Å². The van der Waals surface area contributed by atoms with Gasteiger partial charge in [0.25, 0.3) is 5.91 Å². The number of rotatable bonds is 10. The molecule has 0 saturated heterocycles. The molecular weight excluding hydrogens is 501 g/mol. The first-order valence-electron chi connectivity index (χ1n) is 11.4. The molecule has 1 amide bonds. The summed E-state index contributed by atoms with van der Waals surface area (Å²) in [6, 6.07) is 10.9. The predicted molar refractivity (Wildman–Crippen MR) is 142 cm³/mol. The van der Waals surface area contributed by atoms with Gasteiger partial charge in [0.1, 0.15) is 11.6 Å². The van der Waals surface area contributed by atoms with Crippen LogP contribution >= 0.6 is 11.6 Å². The highest BCUT2D eigenvalue weighted by Crippen LogP contribution is 2.41. The minimum atomic E-state index is -0.490. The largest absolute Gasteiger partial charge is 0.497 e. The van der Waals surface area contributed by atoms with E-state index in [9.17, 15) is 9.18 Å². The lowest BCUT2D eigenvalue weighted by molar-refractivity contribution is 0.0955. The van der Waals surface area contributed by atoms with Crippen molar-refractivity contribution in [2.75, 3.05) is 40.3 Å². The molecule has 0 radical (unpaired) electrons. The number of nitrogens with one attached hydrogen (secondary N) is 3. The first-order chi connectivity index (χ1) is 17.9. The van der Waals surface area contributed by atoms with Crippen molar-refractivity contribution in [1.29, 1.82) is 0 Å². The van der Waals surface area contributed by atoms with Crippen LogP contribution in [0.3, 0.4) is 0 Å². The van der Waals surface area contributed by atoms with E-state index < -0.39 is 5.82 Å². The van der Waals surface area contributed by atoms with Gasteiger partial charge in [0.2, 0.25) is 5.75 Å². The van der Waals surface area contributed by atoms with E-state index in [4.69, 9.17) is 30.5 Å². The van der Waals surface area contributed by atoms with E-state index in [1.165, 1.54) is 39.5 Å². The van der Waals surface area contributed by atoms with Crippen LogP contribution in [0.5, 0.6) is 23.0 Å². The Morgan fingerprint density at radius 2 is 1.70 bits per heavy atom. The molecule has 0 aliphatic carbocycles. The van der Waals surface area contributed by atoms with E-state index >= 15 is 0 Å². The van der Waals surface area contributed by atoms with Crippen LogP contribution in [0.2, 0.25) is 5.02 Å². The topological polar surface area (TPSA) is 93.8 Å². The summed E-state index contributed by atoms with van der Waals surface area (Å²) in [5.41, 5.74) is 2.89. The summed E-state index contributed by atoms with van der Waals surface area (Å²) in [7, 11) is 6.08. The van der Waals surface area contributed by atoms with E-state index in [0.717, 1.165) is 16.5 Å². The average molecular weight is 528 g/mol. The fourth-order valence-corrected chi connectivity index (χ4v) is 4.44. The van der Waals surface area contributed by atoms with Crippen LogP contribution in [0.25, 0.3) is 10.9 Å². The summed E-state index contributed by atoms with van der Waals surface area (Å²) in [6.07, 6.45) is 2.39. The van der Waals surface area contributed by atoms with Crippen molar-refractivity contribution in [2.45, 2.75) is 6.42 Å². The first kappa shape index (κ1) is 26.0. The van der Waals surface area contributed by atoms with Crippen molar-refractivity contribution < 1.29 is 28.1 Å². The molecule has 0 fully saturated rings. The number of amides is 1. The van der Waals surface area contributed by atoms with Gasteiger partial charge in [-0.05, 0) is 36.2 Å². The van der Waals surface area contributed by atoms with E-state index in [1.54, 1.807) is 25.3 Å². The van der Waals surface area contributed by atoms with Gasteiger partial charge in [-0.25, -0.2) is 4.39 Å². The van der Waals surface area contributed by atoms with Gasteiger partial charge in [-0.2, -0.15) is 0 Å². The normalized spacial score (nSPS) is 10.8. The molecule has 0 aliphatic heterocycles. The molecule has 0 saturated carbocycles. The van der Waals surface area contributed by atoms with Gasteiger partial charge in [0.15, 0.2) is 11.5 Å². The number of aromatic nitrogens is 1. The van der Waals surface area contributed by atoms with Crippen LogP contribution in [-0.2, 0) is 6.42 Å². The third kappa shape index (κ3) is 5.51. The second kappa shape index (κ2) is 11.3. The molecular formula is C27H27ClFN3O5. The zero-order valence-electron chi connectivity index (χ0n) is 20.8. The van der Waals surface area contributed by atoms with Gasteiger partial charge >= 0.3 is 0 Å². The molecule has 10 heteroatoms. The van der Waals surface area contributed by atoms with Gasteiger partial charge in [-0.1, -0.05) is 11.6 Å². The van der Waals surface area contributed by atoms with Crippen LogP contribution < -0.4 is 29.6 Å². The highest BCUT2D eigenvalue weighted by Gasteiger charge is 2.17. The number of H-pyrrole nitrogens is 1. The fraction of sp³-hybridized carbons (Fsp3) is 0.222. The SMILES string of the molecule is COc1cc(Cl)c2c(CCNC(=O)c3ccc(F)cc3Nc3cc(OC)c(OC)c(OC)c3)c[nH]c2c1. The minimum Gasteiger partial charge on any atom is -0.497 e. The lowest BCUT2D eigenvalue weighted by atomic mass is 10.1. The molecule has 1 heterocycles. The molecule has 0 unspecified atom stereocenters. The Morgan fingerprint density at radius 1 is 0.973 bits per heavy atom. The second-order valence-corrected chi connectivity index (χ2v) is 8.49. The number of halogens is 2. The maximum absolute atomic E-state index is 14.1. The smallest absolute Gasteiger partial charge is 0.253 e. The Kier molecular flexibility index (Phi) is 7.93. The van der Waals surface area contributed by atoms with Gasteiger partial charge in [-0.3, -0.25) is 4.79 Å². The van der Waals surface area contributed by atoms with Gasteiger partial charge in [0.05, 0.1) is 50.2 Å². The number of hydrogen-bond donors (Lipinski definition) is 3. The van der Waals surface area contributed by atoms with Crippen molar-refractivity contribution >= 4 is 39.8 Å². The number of benzene rings is 3. The summed E-state index contributed by atoms with van der Waals surface area (Å²) < 4.78 is 35.5. The summed E-state index contributed by atoms with van der Waals surface area (Å²) in [4.78, 5) is 16.2. The summed E-state index contributed by atoms with van der Waals surface area (Å²) >= 11 is 6.44. The molecule has 0 spiro atoms. The second-order valence-electron chi connectivity index (χ2n) is 8.08. The molecule has 4 aromatic rings. The quantitative estimate of drug-likeness (QED) is 0.244. The Balaban J connectivity index is 1.52. The van der Waals surface area contributed by atoms with Crippen molar-refractivity contribution in [3.63, 3.8) is 0 Å². The molecule has 3 aromatic carbocycles. The van der Waals surface area contributed by atoms with Crippen LogP contribution in [0, 0.1) is 5.82 Å². The maximum Gasteiger partial charge on any atom is 0.253 e. The van der Waals surface area contributed by atoms with E-state index in [-0.39, 0.29) is 17.2 Å². The minimum absolute atomic E-state index is 0.275. The molecule has 0 aliphatic rings. The summed E-state index contributed by atoms with van der Waals surface area (Å²) in [5.74, 6) is 1.06. The van der Waals surface area contributed by atoms with Crippen molar-refractivity contribution in [2.24, 2.45) is 0 Å². The van der Waals surface area contributed by atoms with E-state index in [2.05, 4.69) is 15.6 Å². The van der Waals surface area contributed by atoms with E-state index in [0.29, 0.717) is 46.7 Å². The summed E-state index contributed by atoms with van der Waals surface area (Å²) in [5, 5.41) is 7.43. The zero-order valence-corrected chi connectivity index (χ0v) is 21.6. The highest BCUT2D eigenvalue weighted by atomic mass is 35.5. The highest BCUT2D eigenvalue weighted by molar-refractivity contribution is 6.36. The summed E-state index contributed by atoms with van der Waals surface area (Å²) in [6.45, 7) is 0.342. The molecule has 1 aromatic heterocycles. The van der Waals surface area contributed by atoms with Gasteiger partial charge in [0, 0.05) is 42.0 Å². The number of carbonyl (C=O) groups excluding carboxylic acids is 1. The van der Waals surface area contributed by atoms with Crippen molar-refractivity contribution in [3.05, 3.63) is 70.6 Å². The molecule has 0 bridgehead atoms. The lowest BCUT2D eigenvalue weighted by Crippen LogP contribution is -2.26. The molecule has 3 N–H and O–H groups in total. The molecule has 8 nitrogen and oxygen atoms in total. The van der Waals surface area contributed by atoms with Crippen LogP contribution in [0.15, 0.2) is 48.7 Å². The van der Waals surface area contributed by atoms with Crippen LogP contribution in [0.4, 0.5) is 15.8 Å². The van der Waals surface area contributed by atoms with Gasteiger partial charge in [-0.15, -0.1) is 0 Å². The lowest BCUT2D eigenvalue weighted by Gasteiger charge is -2.17. The average Bonchev–Trinajstić information content (AvgIpc) is 3.31. The number of aromatic amines is 1. The number of carbonyl (C=O) groups is 1. The number of anilines is 2. The Hall–Kier alpha value is -4.11. The maximum atomic E-state index is 14.1. The number of methoxy groups -OCH3 is 4. The zero-order chi connectivity index (χ0) is 26.5. The third-order valence-corrected chi connectivity index (χ3v) is 6.17. The van der Waals surface area contributed by atoms with Crippen molar-refractivity contribution in [1.82, 2.24) is 10.3 Å². The monoisotopic (exact) mass is 527 g/mol. The standard InChI is InChI=1S/C27H27ClFN3O5/c1-34-18-12-20(28)25-15(14-31-22(25)13-18)7-8-30-27(33)19-6-5-16(29)9-21(19)32-17-10-23(35-2)26(37-4)24(11-17)36-3/h5-6,9-14,31-32H,7-8H2,1-4H3,(H,30,33). The Bertz CT molecular complexity index is 1410. The third-order valence-electron chi connectivity index (χ3n) is 5.87.